The van der Waals surface area contributed by atoms with Crippen LogP contribution in [0.1, 0.15) is 16.1 Å². The number of ether oxygens (including phenoxy) is 1. The van der Waals surface area contributed by atoms with Gasteiger partial charge in [-0.25, -0.2) is 9.78 Å². The van der Waals surface area contributed by atoms with Crippen molar-refractivity contribution >= 4 is 5.97 Å². The predicted octanol–water partition coefficient (Wildman–Crippen LogP) is 3.54. The number of nitrogens with zero attached hydrogens (tertiary/aromatic N) is 2. The fourth-order valence-electron chi connectivity index (χ4n) is 1.94. The summed E-state index contributed by atoms with van der Waals surface area (Å²) >= 11 is 0. The molecule has 2 aromatic heterocycles. The molecule has 1 aromatic carbocycles. The van der Waals surface area contributed by atoms with E-state index in [1.54, 1.807) is 6.92 Å². The highest BCUT2D eigenvalue weighted by molar-refractivity contribution is 5.87. The number of benzene rings is 1. The Morgan fingerprint density at radius 1 is 1.18 bits per heavy atom. The van der Waals surface area contributed by atoms with Crippen LogP contribution in [0.5, 0.6) is 11.6 Å². The Labute approximate surface area is 126 Å². The first kappa shape index (κ1) is 13.8. The van der Waals surface area contributed by atoms with E-state index in [2.05, 4.69) is 10.1 Å². The summed E-state index contributed by atoms with van der Waals surface area (Å²) in [7, 11) is 0. The van der Waals surface area contributed by atoms with Crippen LogP contribution in [-0.2, 0) is 0 Å². The van der Waals surface area contributed by atoms with Crippen LogP contribution < -0.4 is 4.74 Å². The van der Waals surface area contributed by atoms with Crippen LogP contribution in [0.25, 0.3) is 11.3 Å². The molecule has 110 valence electrons. The molecular formula is C16H12N2O4. The van der Waals surface area contributed by atoms with E-state index in [1.807, 2.05) is 30.3 Å². The fraction of sp³-hybridized carbons (Fsp3) is 0.0625. The highest BCUT2D eigenvalue weighted by Gasteiger charge is 2.17. The molecule has 0 saturated heterocycles. The van der Waals surface area contributed by atoms with Gasteiger partial charge in [-0.05, 0) is 6.07 Å². The lowest BCUT2D eigenvalue weighted by Gasteiger charge is -2.05. The van der Waals surface area contributed by atoms with Gasteiger partial charge in [-0.15, -0.1) is 0 Å². The molecule has 0 aliphatic carbocycles. The SMILES string of the molecule is Cc1onc(-c2ccccc2)c1Oc1ccc(C(=O)O)cn1. The van der Waals surface area contributed by atoms with Gasteiger partial charge >= 0.3 is 5.97 Å². The second-order valence-electron chi connectivity index (χ2n) is 4.57. The van der Waals surface area contributed by atoms with Gasteiger partial charge in [0.05, 0.1) is 5.56 Å². The molecule has 0 bridgehead atoms. The van der Waals surface area contributed by atoms with Crippen molar-refractivity contribution in [3.63, 3.8) is 0 Å². The topological polar surface area (TPSA) is 85.5 Å². The number of hydrogen-bond acceptors (Lipinski definition) is 5. The molecule has 0 atom stereocenters. The van der Waals surface area contributed by atoms with E-state index in [9.17, 15) is 4.79 Å². The van der Waals surface area contributed by atoms with Gasteiger partial charge < -0.3 is 14.4 Å². The predicted molar refractivity (Wildman–Crippen MR) is 77.9 cm³/mol. The van der Waals surface area contributed by atoms with Gasteiger partial charge in [0, 0.05) is 24.8 Å². The Bertz CT molecular complexity index is 795. The molecule has 0 saturated carbocycles. The van der Waals surface area contributed by atoms with Crippen molar-refractivity contribution < 1.29 is 19.2 Å². The minimum absolute atomic E-state index is 0.0951. The van der Waals surface area contributed by atoms with Crippen molar-refractivity contribution in [1.82, 2.24) is 10.1 Å². The smallest absolute Gasteiger partial charge is 0.337 e. The summed E-state index contributed by atoms with van der Waals surface area (Å²) in [5, 5.41) is 12.9. The minimum Gasteiger partial charge on any atom is -0.478 e. The normalized spacial score (nSPS) is 10.4. The van der Waals surface area contributed by atoms with Gasteiger partial charge in [0.1, 0.15) is 0 Å². The molecule has 2 heterocycles. The Kier molecular flexibility index (Phi) is 3.57. The maximum atomic E-state index is 10.8. The quantitative estimate of drug-likeness (QED) is 0.792. The minimum atomic E-state index is -1.04. The van der Waals surface area contributed by atoms with Crippen LogP contribution in [0.2, 0.25) is 0 Å². The van der Waals surface area contributed by atoms with Crippen LogP contribution in [0, 0.1) is 6.92 Å². The second kappa shape index (κ2) is 5.69. The molecule has 3 rings (SSSR count). The average Bonchev–Trinajstić information content (AvgIpc) is 2.90. The van der Waals surface area contributed by atoms with Gasteiger partial charge in [0.25, 0.3) is 0 Å². The number of hydrogen-bond donors (Lipinski definition) is 1. The first-order valence-electron chi connectivity index (χ1n) is 6.54. The Balaban J connectivity index is 1.92. The molecule has 6 nitrogen and oxygen atoms in total. The van der Waals surface area contributed by atoms with E-state index in [1.165, 1.54) is 18.3 Å². The zero-order valence-corrected chi connectivity index (χ0v) is 11.7. The van der Waals surface area contributed by atoms with Gasteiger partial charge in [0.2, 0.25) is 5.88 Å². The van der Waals surface area contributed by atoms with Gasteiger partial charge in [-0.2, -0.15) is 0 Å². The van der Waals surface area contributed by atoms with Crippen molar-refractivity contribution in [2.45, 2.75) is 6.92 Å². The number of carboxylic acids is 1. The van der Waals surface area contributed by atoms with Crippen molar-refractivity contribution in [3.8, 4) is 22.9 Å². The summed E-state index contributed by atoms with van der Waals surface area (Å²) in [5.74, 6) is 0.211. The Morgan fingerprint density at radius 3 is 2.59 bits per heavy atom. The van der Waals surface area contributed by atoms with E-state index in [4.69, 9.17) is 14.4 Å². The molecule has 3 aromatic rings. The summed E-state index contributed by atoms with van der Waals surface area (Å²) < 4.78 is 10.9. The third kappa shape index (κ3) is 2.67. The van der Waals surface area contributed by atoms with Crippen LogP contribution in [0.15, 0.2) is 53.2 Å². The lowest BCUT2D eigenvalue weighted by atomic mass is 10.1. The Morgan fingerprint density at radius 2 is 1.95 bits per heavy atom. The summed E-state index contributed by atoms with van der Waals surface area (Å²) in [6.07, 6.45) is 1.24. The maximum absolute atomic E-state index is 10.8. The summed E-state index contributed by atoms with van der Waals surface area (Å²) in [4.78, 5) is 14.8. The highest BCUT2D eigenvalue weighted by Crippen LogP contribution is 2.34. The van der Waals surface area contributed by atoms with E-state index < -0.39 is 5.97 Å². The first-order valence-corrected chi connectivity index (χ1v) is 6.54. The number of aromatic nitrogens is 2. The summed E-state index contributed by atoms with van der Waals surface area (Å²) in [5.41, 5.74) is 1.52. The molecule has 0 radical (unpaired) electrons. The summed E-state index contributed by atoms with van der Waals surface area (Å²) in [6.45, 7) is 1.74. The van der Waals surface area contributed by atoms with Crippen LogP contribution in [0.4, 0.5) is 0 Å². The number of pyridine rings is 1. The highest BCUT2D eigenvalue weighted by atomic mass is 16.5. The third-order valence-electron chi connectivity index (χ3n) is 3.05. The lowest BCUT2D eigenvalue weighted by Crippen LogP contribution is -1.97. The van der Waals surface area contributed by atoms with Crippen molar-refractivity contribution in [2.75, 3.05) is 0 Å². The molecule has 6 heteroatoms. The van der Waals surface area contributed by atoms with Crippen LogP contribution in [0.3, 0.4) is 0 Å². The first-order chi connectivity index (χ1) is 10.6. The van der Waals surface area contributed by atoms with Crippen LogP contribution >= 0.6 is 0 Å². The lowest BCUT2D eigenvalue weighted by molar-refractivity contribution is 0.0696. The monoisotopic (exact) mass is 296 g/mol. The number of rotatable bonds is 4. The van der Waals surface area contributed by atoms with Crippen molar-refractivity contribution in [2.24, 2.45) is 0 Å². The molecule has 1 N–H and O–H groups in total. The summed E-state index contributed by atoms with van der Waals surface area (Å²) in [6, 6.07) is 12.4. The van der Waals surface area contributed by atoms with Gasteiger partial charge in [-0.3, -0.25) is 0 Å². The van der Waals surface area contributed by atoms with E-state index >= 15 is 0 Å². The zero-order chi connectivity index (χ0) is 15.5. The number of carbonyl (C=O) groups is 1. The molecular weight excluding hydrogens is 284 g/mol. The molecule has 22 heavy (non-hydrogen) atoms. The van der Waals surface area contributed by atoms with Gasteiger partial charge in [0.15, 0.2) is 17.2 Å². The molecule has 0 spiro atoms. The molecule has 0 aliphatic heterocycles. The average molecular weight is 296 g/mol. The zero-order valence-electron chi connectivity index (χ0n) is 11.7. The van der Waals surface area contributed by atoms with E-state index in [0.717, 1.165) is 5.56 Å². The maximum Gasteiger partial charge on any atom is 0.337 e. The fourth-order valence-corrected chi connectivity index (χ4v) is 1.94. The van der Waals surface area contributed by atoms with Crippen LogP contribution in [-0.4, -0.2) is 21.2 Å². The number of aromatic carboxylic acids is 1. The molecule has 0 amide bonds. The van der Waals surface area contributed by atoms with E-state index in [-0.39, 0.29) is 11.4 Å². The Hall–Kier alpha value is -3.15. The van der Waals surface area contributed by atoms with Crippen molar-refractivity contribution in [3.05, 3.63) is 60.0 Å². The number of carboxylic acid groups (broad SMARTS) is 1. The second-order valence-corrected chi connectivity index (χ2v) is 4.57. The van der Waals surface area contributed by atoms with Crippen molar-refractivity contribution in [1.29, 1.82) is 0 Å². The molecule has 0 aliphatic rings. The van der Waals surface area contributed by atoms with Gasteiger partial charge in [-0.1, -0.05) is 35.5 Å². The number of aryl methyl sites for hydroxylation is 1. The third-order valence-corrected chi connectivity index (χ3v) is 3.05. The molecule has 0 fully saturated rings. The largest absolute Gasteiger partial charge is 0.478 e. The standard InChI is InChI=1S/C16H12N2O4/c1-10-15(14(18-22-10)11-5-3-2-4-6-11)21-13-8-7-12(9-17-13)16(19)20/h2-9H,1H3,(H,19,20). The van der Waals surface area contributed by atoms with E-state index in [0.29, 0.717) is 17.2 Å². The molecule has 0 unspecified atom stereocenters.